The molecule has 1 N–H and O–H groups in total. The van der Waals surface area contributed by atoms with E-state index in [9.17, 15) is 18.0 Å². The van der Waals surface area contributed by atoms with Gasteiger partial charge in [0, 0.05) is 18.0 Å². The van der Waals surface area contributed by atoms with Crippen molar-refractivity contribution >= 4 is 11.6 Å². The Bertz CT molecular complexity index is 665. The Morgan fingerprint density at radius 3 is 2.36 bits per heavy atom. The van der Waals surface area contributed by atoms with Crippen molar-refractivity contribution in [3.8, 4) is 11.6 Å². The summed E-state index contributed by atoms with van der Waals surface area (Å²) in [5.74, 6) is 0.0674. The van der Waals surface area contributed by atoms with E-state index in [1.165, 1.54) is 0 Å². The Morgan fingerprint density at radius 2 is 1.86 bits per heavy atom. The summed E-state index contributed by atoms with van der Waals surface area (Å²) in [5, 5.41) is 2.55. The number of anilines is 1. The molecule has 4 nitrogen and oxygen atoms in total. The van der Waals surface area contributed by atoms with Crippen molar-refractivity contribution in [3.63, 3.8) is 0 Å². The Labute approximate surface area is 124 Å². The molecule has 0 atom stereocenters. The fourth-order valence-electron chi connectivity index (χ4n) is 1.53. The Morgan fingerprint density at radius 1 is 1.18 bits per heavy atom. The lowest BCUT2D eigenvalue weighted by Crippen LogP contribution is -2.06. The average Bonchev–Trinajstić information content (AvgIpc) is 2.49. The molecule has 2 aromatic rings. The van der Waals surface area contributed by atoms with Gasteiger partial charge in [-0.05, 0) is 36.4 Å². The minimum Gasteiger partial charge on any atom is -0.439 e. The van der Waals surface area contributed by atoms with Gasteiger partial charge >= 0.3 is 6.18 Å². The van der Waals surface area contributed by atoms with Crippen molar-refractivity contribution in [1.82, 2.24) is 4.98 Å². The molecule has 0 unspecified atom stereocenters. The van der Waals surface area contributed by atoms with Gasteiger partial charge in [0.05, 0.1) is 5.56 Å². The van der Waals surface area contributed by atoms with Gasteiger partial charge in [-0.3, -0.25) is 4.79 Å². The van der Waals surface area contributed by atoms with Crippen LogP contribution in [0.1, 0.15) is 5.56 Å². The molecule has 7 heteroatoms. The number of hydrogen-bond donors (Lipinski definition) is 1. The molecule has 0 saturated heterocycles. The van der Waals surface area contributed by atoms with Crippen LogP contribution in [0.4, 0.5) is 18.9 Å². The van der Waals surface area contributed by atoms with Crippen LogP contribution >= 0.6 is 0 Å². The third kappa shape index (κ3) is 4.08. The van der Waals surface area contributed by atoms with Crippen LogP contribution in [-0.4, -0.2) is 10.9 Å². The van der Waals surface area contributed by atoms with Crippen LogP contribution in [0.3, 0.4) is 0 Å². The normalized spacial score (nSPS) is 10.9. The van der Waals surface area contributed by atoms with E-state index >= 15 is 0 Å². The Kier molecular flexibility index (Phi) is 4.45. The van der Waals surface area contributed by atoms with Gasteiger partial charge in [-0.1, -0.05) is 6.58 Å². The summed E-state index contributed by atoms with van der Waals surface area (Å²) < 4.78 is 42.5. The zero-order valence-electron chi connectivity index (χ0n) is 11.2. The predicted molar refractivity (Wildman–Crippen MR) is 74.6 cm³/mol. The maximum Gasteiger partial charge on any atom is 0.417 e. The first-order valence-corrected chi connectivity index (χ1v) is 6.13. The summed E-state index contributed by atoms with van der Waals surface area (Å²) in [5.41, 5.74) is -0.306. The second-order valence-corrected chi connectivity index (χ2v) is 4.20. The summed E-state index contributed by atoms with van der Waals surface area (Å²) >= 11 is 0. The van der Waals surface area contributed by atoms with Gasteiger partial charge in [0.15, 0.2) is 0 Å². The molecule has 0 bridgehead atoms. The number of carbonyl (C=O) groups excluding carboxylic acids is 1. The molecule has 0 saturated carbocycles. The monoisotopic (exact) mass is 308 g/mol. The molecular formula is C15H11F3N2O2. The first-order chi connectivity index (χ1) is 10.4. The number of amides is 1. The highest BCUT2D eigenvalue weighted by molar-refractivity contribution is 5.98. The molecule has 0 aliphatic heterocycles. The second kappa shape index (κ2) is 6.30. The summed E-state index contributed by atoms with van der Waals surface area (Å²) in [6, 6.07) is 8.30. The topological polar surface area (TPSA) is 51.2 Å². The summed E-state index contributed by atoms with van der Waals surface area (Å²) in [6.45, 7) is 3.33. The third-order valence-electron chi connectivity index (χ3n) is 2.59. The summed E-state index contributed by atoms with van der Waals surface area (Å²) in [4.78, 5) is 14.7. The second-order valence-electron chi connectivity index (χ2n) is 4.20. The highest BCUT2D eigenvalue weighted by atomic mass is 19.4. The van der Waals surface area contributed by atoms with E-state index in [4.69, 9.17) is 4.74 Å². The lowest BCUT2D eigenvalue weighted by molar-refractivity contribution is -0.137. The number of aromatic nitrogens is 1. The first-order valence-electron chi connectivity index (χ1n) is 6.13. The van der Waals surface area contributed by atoms with E-state index in [0.29, 0.717) is 17.6 Å². The van der Waals surface area contributed by atoms with Crippen LogP contribution in [0.5, 0.6) is 11.6 Å². The minimum atomic E-state index is -4.43. The number of pyridine rings is 1. The van der Waals surface area contributed by atoms with Gasteiger partial charge in [-0.25, -0.2) is 4.98 Å². The molecule has 0 aliphatic rings. The average molecular weight is 308 g/mol. The number of hydrogen-bond acceptors (Lipinski definition) is 3. The van der Waals surface area contributed by atoms with Crippen molar-refractivity contribution in [3.05, 3.63) is 60.8 Å². The first kappa shape index (κ1) is 15.6. The SMILES string of the molecule is C=CC(=O)Nc1ccc(Oc2ccc(C(F)(F)F)cn2)cc1. The van der Waals surface area contributed by atoms with Crippen LogP contribution in [0.2, 0.25) is 0 Å². The molecule has 1 amide bonds. The largest absolute Gasteiger partial charge is 0.439 e. The third-order valence-corrected chi connectivity index (χ3v) is 2.59. The van der Waals surface area contributed by atoms with Gasteiger partial charge < -0.3 is 10.1 Å². The van der Waals surface area contributed by atoms with Crippen LogP contribution in [0.25, 0.3) is 0 Å². The van der Waals surface area contributed by atoms with E-state index in [0.717, 1.165) is 18.2 Å². The highest BCUT2D eigenvalue weighted by Crippen LogP contribution is 2.30. The van der Waals surface area contributed by atoms with Crippen LogP contribution in [0, 0.1) is 0 Å². The molecule has 22 heavy (non-hydrogen) atoms. The van der Waals surface area contributed by atoms with Gasteiger partial charge in [0.25, 0.3) is 0 Å². The lowest BCUT2D eigenvalue weighted by Gasteiger charge is -2.08. The molecule has 1 heterocycles. The smallest absolute Gasteiger partial charge is 0.417 e. The van der Waals surface area contributed by atoms with Crippen molar-refractivity contribution in [1.29, 1.82) is 0 Å². The number of rotatable bonds is 4. The molecule has 2 rings (SSSR count). The molecule has 0 radical (unpaired) electrons. The number of nitrogens with zero attached hydrogens (tertiary/aromatic N) is 1. The molecule has 1 aromatic heterocycles. The Hall–Kier alpha value is -2.83. The molecule has 114 valence electrons. The maximum absolute atomic E-state index is 12.4. The van der Waals surface area contributed by atoms with E-state index in [1.807, 2.05) is 0 Å². The zero-order chi connectivity index (χ0) is 16.2. The fraction of sp³-hybridized carbons (Fsp3) is 0.0667. The van der Waals surface area contributed by atoms with E-state index < -0.39 is 11.7 Å². The zero-order valence-corrected chi connectivity index (χ0v) is 11.2. The lowest BCUT2D eigenvalue weighted by atomic mass is 10.3. The Balaban J connectivity index is 2.04. The number of halogens is 3. The number of nitrogens with one attached hydrogen (secondary N) is 1. The van der Waals surface area contributed by atoms with Gasteiger partial charge in [-0.15, -0.1) is 0 Å². The van der Waals surface area contributed by atoms with Crippen molar-refractivity contribution in [2.45, 2.75) is 6.18 Å². The molecule has 0 spiro atoms. The number of benzene rings is 1. The summed E-state index contributed by atoms with van der Waals surface area (Å²) in [7, 11) is 0. The predicted octanol–water partition coefficient (Wildman–Crippen LogP) is 4.02. The number of ether oxygens (including phenoxy) is 1. The molecule has 0 aliphatic carbocycles. The molecular weight excluding hydrogens is 297 g/mol. The van der Waals surface area contributed by atoms with E-state index in [1.54, 1.807) is 24.3 Å². The van der Waals surface area contributed by atoms with Crippen LogP contribution in [-0.2, 0) is 11.0 Å². The van der Waals surface area contributed by atoms with Crippen LogP contribution in [0.15, 0.2) is 55.3 Å². The molecule has 0 fully saturated rings. The highest BCUT2D eigenvalue weighted by Gasteiger charge is 2.30. The van der Waals surface area contributed by atoms with Gasteiger partial charge in [-0.2, -0.15) is 13.2 Å². The summed E-state index contributed by atoms with van der Waals surface area (Å²) in [6.07, 6.45) is -2.60. The maximum atomic E-state index is 12.4. The van der Waals surface area contributed by atoms with Crippen molar-refractivity contribution in [2.75, 3.05) is 5.32 Å². The fourth-order valence-corrected chi connectivity index (χ4v) is 1.53. The van der Waals surface area contributed by atoms with E-state index in [-0.39, 0.29) is 11.8 Å². The van der Waals surface area contributed by atoms with Gasteiger partial charge in [0.2, 0.25) is 11.8 Å². The quantitative estimate of drug-likeness (QED) is 0.868. The standard InChI is InChI=1S/C15H11F3N2O2/c1-2-13(21)20-11-4-6-12(7-5-11)22-14-8-3-10(9-19-14)15(16,17)18/h2-9H,1H2,(H,20,21). The minimum absolute atomic E-state index is 0.0378. The van der Waals surface area contributed by atoms with Crippen LogP contribution < -0.4 is 10.1 Å². The van der Waals surface area contributed by atoms with Crippen molar-refractivity contribution < 1.29 is 22.7 Å². The number of alkyl halides is 3. The van der Waals surface area contributed by atoms with E-state index in [2.05, 4.69) is 16.9 Å². The van der Waals surface area contributed by atoms with Gasteiger partial charge in [0.1, 0.15) is 5.75 Å². The molecule has 1 aromatic carbocycles. The number of carbonyl (C=O) groups is 1. The van der Waals surface area contributed by atoms with Crippen molar-refractivity contribution in [2.24, 2.45) is 0 Å².